The largest absolute Gasteiger partial charge is 0.493 e. The highest BCUT2D eigenvalue weighted by atomic mass is 16.5. The smallest absolute Gasteiger partial charge is 0.161 e. The van der Waals surface area contributed by atoms with Gasteiger partial charge in [0, 0.05) is 38.4 Å². The van der Waals surface area contributed by atoms with Crippen LogP contribution in [0.25, 0.3) is 0 Å². The fraction of sp³-hybridized carbons (Fsp3) is 0.478. The summed E-state index contributed by atoms with van der Waals surface area (Å²) in [5.41, 5.74) is 5.56. The lowest BCUT2D eigenvalue weighted by Crippen LogP contribution is -2.32. The first-order valence-corrected chi connectivity index (χ1v) is 10.1. The summed E-state index contributed by atoms with van der Waals surface area (Å²) in [4.78, 5) is 5.04. The monoisotopic (exact) mass is 366 g/mol. The topological polar surface area (TPSA) is 24.9 Å². The average Bonchev–Trinajstić information content (AvgIpc) is 3.26. The standard InChI is InChI=1S/C23H30N2O2/c1-26-22-15-19-10-14-24(17-20(19)16-23(22)27-2)13-9-18-5-7-21(8-6-18)25-11-3-4-12-25/h5-8,15-16H,3-4,9-14,17H2,1-2H3. The second-order valence-corrected chi connectivity index (χ2v) is 7.61. The molecule has 0 bridgehead atoms. The fourth-order valence-corrected chi connectivity index (χ4v) is 4.27. The third-order valence-electron chi connectivity index (χ3n) is 5.92. The first-order chi connectivity index (χ1) is 13.3. The Bertz CT molecular complexity index is 767. The van der Waals surface area contributed by atoms with Gasteiger partial charge >= 0.3 is 0 Å². The van der Waals surface area contributed by atoms with Gasteiger partial charge in [-0.1, -0.05) is 12.1 Å². The first-order valence-electron chi connectivity index (χ1n) is 10.1. The summed E-state index contributed by atoms with van der Waals surface area (Å²) in [5.74, 6) is 1.67. The normalized spacial score (nSPS) is 17.0. The number of hydrogen-bond acceptors (Lipinski definition) is 4. The number of nitrogens with zero attached hydrogens (tertiary/aromatic N) is 2. The minimum atomic E-state index is 0.829. The molecule has 0 atom stereocenters. The zero-order chi connectivity index (χ0) is 18.6. The summed E-state index contributed by atoms with van der Waals surface area (Å²) in [6, 6.07) is 13.5. The van der Waals surface area contributed by atoms with Crippen molar-refractivity contribution in [3.63, 3.8) is 0 Å². The van der Waals surface area contributed by atoms with E-state index in [2.05, 4.69) is 46.2 Å². The van der Waals surface area contributed by atoms with Crippen molar-refractivity contribution in [2.45, 2.75) is 32.2 Å². The van der Waals surface area contributed by atoms with Gasteiger partial charge in [-0.3, -0.25) is 4.90 Å². The molecular weight excluding hydrogens is 336 g/mol. The summed E-state index contributed by atoms with van der Waals surface area (Å²) < 4.78 is 10.9. The Balaban J connectivity index is 1.36. The quantitative estimate of drug-likeness (QED) is 0.774. The molecule has 4 nitrogen and oxygen atoms in total. The van der Waals surface area contributed by atoms with Gasteiger partial charge in [0.1, 0.15) is 0 Å². The van der Waals surface area contributed by atoms with E-state index >= 15 is 0 Å². The molecule has 27 heavy (non-hydrogen) atoms. The lowest BCUT2D eigenvalue weighted by molar-refractivity contribution is 0.255. The lowest BCUT2D eigenvalue weighted by Gasteiger charge is -2.29. The highest BCUT2D eigenvalue weighted by molar-refractivity contribution is 5.49. The van der Waals surface area contributed by atoms with Crippen LogP contribution < -0.4 is 14.4 Å². The van der Waals surface area contributed by atoms with Crippen LogP contribution in [0.5, 0.6) is 11.5 Å². The highest BCUT2D eigenvalue weighted by Crippen LogP contribution is 2.33. The maximum absolute atomic E-state index is 5.47. The number of fused-ring (bicyclic) bond motifs is 1. The number of rotatable bonds is 6. The van der Waals surface area contributed by atoms with E-state index in [9.17, 15) is 0 Å². The molecule has 2 aromatic rings. The maximum Gasteiger partial charge on any atom is 0.161 e. The summed E-state index contributed by atoms with van der Waals surface area (Å²) >= 11 is 0. The maximum atomic E-state index is 5.47. The lowest BCUT2D eigenvalue weighted by atomic mass is 9.98. The molecule has 0 saturated carbocycles. The average molecular weight is 367 g/mol. The van der Waals surface area contributed by atoms with E-state index in [1.165, 1.54) is 48.3 Å². The Labute approximate surface area is 162 Å². The molecule has 0 spiro atoms. The van der Waals surface area contributed by atoms with Gasteiger partial charge in [0.2, 0.25) is 0 Å². The summed E-state index contributed by atoms with van der Waals surface area (Å²) in [6.07, 6.45) is 4.83. The van der Waals surface area contributed by atoms with Crippen LogP contribution in [-0.4, -0.2) is 45.3 Å². The van der Waals surface area contributed by atoms with Crippen molar-refractivity contribution in [1.82, 2.24) is 4.90 Å². The van der Waals surface area contributed by atoms with E-state index in [1.54, 1.807) is 14.2 Å². The van der Waals surface area contributed by atoms with Crippen molar-refractivity contribution in [3.8, 4) is 11.5 Å². The van der Waals surface area contributed by atoms with Crippen molar-refractivity contribution < 1.29 is 9.47 Å². The van der Waals surface area contributed by atoms with Gasteiger partial charge in [0.05, 0.1) is 14.2 Å². The van der Waals surface area contributed by atoms with Gasteiger partial charge in [0.15, 0.2) is 11.5 Å². The molecule has 4 rings (SSSR count). The number of ether oxygens (including phenoxy) is 2. The molecule has 0 unspecified atom stereocenters. The number of methoxy groups -OCH3 is 2. The summed E-state index contributed by atoms with van der Waals surface area (Å²) in [5, 5.41) is 0. The molecule has 0 aromatic heterocycles. The highest BCUT2D eigenvalue weighted by Gasteiger charge is 2.19. The molecule has 1 fully saturated rings. The molecule has 1 saturated heterocycles. The molecule has 2 aliphatic heterocycles. The van der Waals surface area contributed by atoms with Crippen LogP contribution in [0.1, 0.15) is 29.5 Å². The predicted octanol–water partition coefficient (Wildman–Crippen LogP) is 3.90. The van der Waals surface area contributed by atoms with Crippen molar-refractivity contribution in [1.29, 1.82) is 0 Å². The van der Waals surface area contributed by atoms with E-state index in [0.717, 1.165) is 44.0 Å². The van der Waals surface area contributed by atoms with E-state index < -0.39 is 0 Å². The fourth-order valence-electron chi connectivity index (χ4n) is 4.27. The van der Waals surface area contributed by atoms with Gasteiger partial charge in [-0.05, 0) is 66.6 Å². The molecule has 0 amide bonds. The van der Waals surface area contributed by atoms with Crippen molar-refractivity contribution in [2.75, 3.05) is 45.3 Å². The van der Waals surface area contributed by atoms with Crippen LogP contribution in [0.2, 0.25) is 0 Å². The predicted molar refractivity (Wildman–Crippen MR) is 110 cm³/mol. The molecular formula is C23H30N2O2. The third kappa shape index (κ3) is 4.06. The van der Waals surface area contributed by atoms with Crippen LogP contribution in [-0.2, 0) is 19.4 Å². The van der Waals surface area contributed by atoms with Crippen LogP contribution in [0.15, 0.2) is 36.4 Å². The summed E-state index contributed by atoms with van der Waals surface area (Å²) in [6.45, 7) is 5.61. The Morgan fingerprint density at radius 2 is 1.52 bits per heavy atom. The van der Waals surface area contributed by atoms with Crippen molar-refractivity contribution in [2.24, 2.45) is 0 Å². The number of anilines is 1. The zero-order valence-corrected chi connectivity index (χ0v) is 16.5. The Morgan fingerprint density at radius 3 is 2.19 bits per heavy atom. The minimum absolute atomic E-state index is 0.829. The van der Waals surface area contributed by atoms with E-state index in [0.29, 0.717) is 0 Å². The van der Waals surface area contributed by atoms with Crippen molar-refractivity contribution >= 4 is 5.69 Å². The number of hydrogen-bond donors (Lipinski definition) is 0. The van der Waals surface area contributed by atoms with Crippen LogP contribution in [0, 0.1) is 0 Å². The molecule has 2 aliphatic rings. The van der Waals surface area contributed by atoms with Gasteiger partial charge in [0.25, 0.3) is 0 Å². The molecule has 144 valence electrons. The molecule has 2 heterocycles. The van der Waals surface area contributed by atoms with Gasteiger partial charge < -0.3 is 14.4 Å². The van der Waals surface area contributed by atoms with E-state index in [-0.39, 0.29) is 0 Å². The molecule has 2 aromatic carbocycles. The SMILES string of the molecule is COc1cc2c(cc1OC)CN(CCc1ccc(N3CCCC3)cc1)CC2. The molecule has 0 aliphatic carbocycles. The van der Waals surface area contributed by atoms with Crippen LogP contribution in [0.4, 0.5) is 5.69 Å². The summed E-state index contributed by atoms with van der Waals surface area (Å²) in [7, 11) is 3.41. The molecule has 0 N–H and O–H groups in total. The van der Waals surface area contributed by atoms with E-state index in [1.807, 2.05) is 0 Å². The van der Waals surface area contributed by atoms with Crippen molar-refractivity contribution in [3.05, 3.63) is 53.1 Å². The second kappa shape index (κ2) is 8.22. The van der Waals surface area contributed by atoms with E-state index in [4.69, 9.17) is 9.47 Å². The minimum Gasteiger partial charge on any atom is -0.493 e. The Hall–Kier alpha value is -2.20. The Morgan fingerprint density at radius 1 is 0.852 bits per heavy atom. The third-order valence-corrected chi connectivity index (χ3v) is 5.92. The Kier molecular flexibility index (Phi) is 5.53. The van der Waals surface area contributed by atoms with Gasteiger partial charge in [-0.15, -0.1) is 0 Å². The van der Waals surface area contributed by atoms with Gasteiger partial charge in [-0.2, -0.15) is 0 Å². The van der Waals surface area contributed by atoms with Crippen LogP contribution in [0.3, 0.4) is 0 Å². The molecule has 0 radical (unpaired) electrons. The molecule has 4 heteroatoms. The number of benzene rings is 2. The second-order valence-electron chi connectivity index (χ2n) is 7.61. The van der Waals surface area contributed by atoms with Gasteiger partial charge in [-0.25, -0.2) is 0 Å². The van der Waals surface area contributed by atoms with Crippen LogP contribution >= 0.6 is 0 Å². The first kappa shape index (κ1) is 18.2. The zero-order valence-electron chi connectivity index (χ0n) is 16.5.